The molecule has 0 aliphatic carbocycles. The minimum atomic E-state index is -0.391. The van der Waals surface area contributed by atoms with Crippen LogP contribution in [0.25, 0.3) is 0 Å². The van der Waals surface area contributed by atoms with E-state index in [0.717, 1.165) is 58.4 Å². The van der Waals surface area contributed by atoms with Crippen molar-refractivity contribution in [3.63, 3.8) is 0 Å². The highest BCUT2D eigenvalue weighted by atomic mass is 16.3. The fourth-order valence-electron chi connectivity index (χ4n) is 4.86. The second-order valence-corrected chi connectivity index (χ2v) is 8.34. The summed E-state index contributed by atoms with van der Waals surface area (Å²) in [7, 11) is 0. The summed E-state index contributed by atoms with van der Waals surface area (Å²) in [5.41, 5.74) is 1.16. The first-order valence-corrected chi connectivity index (χ1v) is 10.5. The van der Waals surface area contributed by atoms with Crippen LogP contribution in [0.3, 0.4) is 0 Å². The Labute approximate surface area is 158 Å². The third-order valence-corrected chi connectivity index (χ3v) is 6.71. The molecular weight excluding hydrogens is 324 g/mol. The molecular formula is C22H36N2O2. The monoisotopic (exact) mass is 360 g/mol. The van der Waals surface area contributed by atoms with Gasteiger partial charge in [0, 0.05) is 24.5 Å². The molecule has 0 aromatic heterocycles. The van der Waals surface area contributed by atoms with E-state index in [4.69, 9.17) is 0 Å². The Morgan fingerprint density at radius 3 is 2.46 bits per heavy atom. The van der Waals surface area contributed by atoms with Gasteiger partial charge in [-0.25, -0.2) is 0 Å². The highest BCUT2D eigenvalue weighted by Gasteiger charge is 2.42. The quantitative estimate of drug-likeness (QED) is 0.784. The average Bonchev–Trinajstić information content (AvgIpc) is 2.69. The van der Waals surface area contributed by atoms with Crippen molar-refractivity contribution < 1.29 is 10.2 Å². The summed E-state index contributed by atoms with van der Waals surface area (Å²) in [6, 6.07) is 11.3. The standard InChI is InChI=1S/C22H36N2O2/c1-2-11-22(18-25)12-16-24(17-21(22)26)20-9-14-23(15-10-20)13-8-19-6-4-3-5-7-19/h3-7,20-21,25-26H,2,8-18H2,1H3/t21-,22-/m1/s1. The van der Waals surface area contributed by atoms with Gasteiger partial charge in [0.1, 0.15) is 0 Å². The van der Waals surface area contributed by atoms with Crippen molar-refractivity contribution in [3.05, 3.63) is 35.9 Å². The highest BCUT2D eigenvalue weighted by molar-refractivity contribution is 5.14. The van der Waals surface area contributed by atoms with Crippen molar-refractivity contribution in [3.8, 4) is 0 Å². The number of aliphatic hydroxyl groups is 2. The van der Waals surface area contributed by atoms with Crippen LogP contribution in [-0.4, -0.2) is 71.5 Å². The molecule has 4 heteroatoms. The van der Waals surface area contributed by atoms with E-state index in [-0.39, 0.29) is 12.0 Å². The molecule has 26 heavy (non-hydrogen) atoms. The van der Waals surface area contributed by atoms with Crippen LogP contribution in [0.1, 0.15) is 44.6 Å². The molecule has 146 valence electrons. The van der Waals surface area contributed by atoms with Gasteiger partial charge in [-0.1, -0.05) is 43.7 Å². The maximum absolute atomic E-state index is 10.7. The number of likely N-dealkylation sites (tertiary alicyclic amines) is 2. The molecule has 2 heterocycles. The van der Waals surface area contributed by atoms with Gasteiger partial charge in [-0.15, -0.1) is 0 Å². The van der Waals surface area contributed by atoms with Crippen molar-refractivity contribution in [2.45, 2.75) is 57.6 Å². The number of rotatable bonds is 7. The maximum Gasteiger partial charge on any atom is 0.0745 e. The van der Waals surface area contributed by atoms with Crippen LogP contribution in [0.2, 0.25) is 0 Å². The zero-order chi connectivity index (χ0) is 18.4. The fourth-order valence-corrected chi connectivity index (χ4v) is 4.86. The predicted octanol–water partition coefficient (Wildman–Crippen LogP) is 2.54. The van der Waals surface area contributed by atoms with E-state index in [1.54, 1.807) is 0 Å². The van der Waals surface area contributed by atoms with E-state index >= 15 is 0 Å². The van der Waals surface area contributed by atoms with Crippen molar-refractivity contribution >= 4 is 0 Å². The lowest BCUT2D eigenvalue weighted by molar-refractivity contribution is -0.0916. The van der Waals surface area contributed by atoms with Crippen LogP contribution in [0, 0.1) is 5.41 Å². The first-order chi connectivity index (χ1) is 12.7. The number of aliphatic hydroxyl groups excluding tert-OH is 2. The topological polar surface area (TPSA) is 46.9 Å². The molecule has 1 aromatic carbocycles. The Hall–Kier alpha value is -0.940. The molecule has 2 atom stereocenters. The zero-order valence-electron chi connectivity index (χ0n) is 16.3. The summed E-state index contributed by atoms with van der Waals surface area (Å²) in [6.07, 6.45) is 6.00. The van der Waals surface area contributed by atoms with Crippen LogP contribution in [0.5, 0.6) is 0 Å². The molecule has 2 aliphatic rings. The van der Waals surface area contributed by atoms with E-state index in [9.17, 15) is 10.2 Å². The molecule has 3 rings (SSSR count). The summed E-state index contributed by atoms with van der Waals surface area (Å²) in [5, 5.41) is 20.5. The first-order valence-electron chi connectivity index (χ1n) is 10.5. The van der Waals surface area contributed by atoms with Gasteiger partial charge in [-0.2, -0.15) is 0 Å². The molecule has 2 fully saturated rings. The highest BCUT2D eigenvalue weighted by Crippen LogP contribution is 2.37. The average molecular weight is 361 g/mol. The summed E-state index contributed by atoms with van der Waals surface area (Å²) in [5.74, 6) is 0. The Bertz CT molecular complexity index is 530. The van der Waals surface area contributed by atoms with Gasteiger partial charge < -0.3 is 15.1 Å². The van der Waals surface area contributed by atoms with Gasteiger partial charge in [0.15, 0.2) is 0 Å². The number of benzene rings is 1. The number of β-amino-alcohol motifs (C(OH)–C–C–N with tert-alkyl or cyclic N) is 1. The SMILES string of the molecule is CCC[C@]1(CO)CCN(C2CCN(CCc3ccccc3)CC2)C[C@H]1O. The first kappa shape index (κ1) is 19.8. The molecule has 2 aliphatic heterocycles. The molecule has 2 N–H and O–H groups in total. The lowest BCUT2D eigenvalue weighted by Crippen LogP contribution is -2.57. The molecule has 0 saturated carbocycles. The lowest BCUT2D eigenvalue weighted by Gasteiger charge is -2.48. The van der Waals surface area contributed by atoms with Crippen LogP contribution in [0.15, 0.2) is 30.3 Å². The fraction of sp³-hybridized carbons (Fsp3) is 0.727. The molecule has 0 bridgehead atoms. The molecule has 0 radical (unpaired) electrons. The van der Waals surface area contributed by atoms with E-state index in [1.165, 1.54) is 18.4 Å². The third-order valence-electron chi connectivity index (χ3n) is 6.71. The summed E-state index contributed by atoms with van der Waals surface area (Å²) in [6.45, 7) is 7.47. The van der Waals surface area contributed by atoms with Crippen molar-refractivity contribution in [2.75, 3.05) is 39.3 Å². The Morgan fingerprint density at radius 1 is 1.12 bits per heavy atom. The minimum Gasteiger partial charge on any atom is -0.396 e. The zero-order valence-corrected chi connectivity index (χ0v) is 16.3. The molecule has 0 spiro atoms. The van der Waals surface area contributed by atoms with Gasteiger partial charge >= 0.3 is 0 Å². The minimum absolute atomic E-state index is 0.119. The van der Waals surface area contributed by atoms with Crippen LogP contribution in [-0.2, 0) is 6.42 Å². The van der Waals surface area contributed by atoms with Gasteiger partial charge in [-0.05, 0) is 57.3 Å². The Kier molecular flexibility index (Phi) is 7.10. The van der Waals surface area contributed by atoms with Crippen LogP contribution in [0.4, 0.5) is 0 Å². The Balaban J connectivity index is 1.44. The normalized spacial score (nSPS) is 29.1. The third kappa shape index (κ3) is 4.66. The lowest BCUT2D eigenvalue weighted by atomic mass is 9.73. The van der Waals surface area contributed by atoms with Gasteiger partial charge in [-0.3, -0.25) is 4.90 Å². The van der Waals surface area contributed by atoms with Crippen molar-refractivity contribution in [1.82, 2.24) is 9.80 Å². The number of piperidine rings is 2. The van der Waals surface area contributed by atoms with E-state index in [0.29, 0.717) is 6.04 Å². The van der Waals surface area contributed by atoms with Gasteiger partial charge in [0.2, 0.25) is 0 Å². The van der Waals surface area contributed by atoms with Gasteiger partial charge in [0.25, 0.3) is 0 Å². The van der Waals surface area contributed by atoms with Crippen LogP contribution < -0.4 is 0 Å². The van der Waals surface area contributed by atoms with E-state index in [1.807, 2.05) is 0 Å². The summed E-state index contributed by atoms with van der Waals surface area (Å²) in [4.78, 5) is 5.07. The Morgan fingerprint density at radius 2 is 1.85 bits per heavy atom. The molecule has 4 nitrogen and oxygen atoms in total. The second kappa shape index (κ2) is 9.32. The van der Waals surface area contributed by atoms with Gasteiger partial charge in [0.05, 0.1) is 12.7 Å². The number of hydrogen-bond acceptors (Lipinski definition) is 4. The van der Waals surface area contributed by atoms with Crippen LogP contribution >= 0.6 is 0 Å². The van der Waals surface area contributed by atoms with Crippen molar-refractivity contribution in [2.24, 2.45) is 5.41 Å². The van der Waals surface area contributed by atoms with Crippen molar-refractivity contribution in [1.29, 1.82) is 0 Å². The summed E-state index contributed by atoms with van der Waals surface area (Å²) < 4.78 is 0. The smallest absolute Gasteiger partial charge is 0.0745 e. The predicted molar refractivity (Wildman–Crippen MR) is 106 cm³/mol. The second-order valence-electron chi connectivity index (χ2n) is 8.34. The van der Waals surface area contributed by atoms with E-state index in [2.05, 4.69) is 47.1 Å². The number of nitrogens with zero attached hydrogens (tertiary/aromatic N) is 2. The molecule has 1 aromatic rings. The largest absolute Gasteiger partial charge is 0.396 e. The molecule has 2 saturated heterocycles. The summed E-state index contributed by atoms with van der Waals surface area (Å²) >= 11 is 0. The number of hydrogen-bond donors (Lipinski definition) is 2. The maximum atomic E-state index is 10.7. The molecule has 0 unspecified atom stereocenters. The molecule has 0 amide bonds. The van der Waals surface area contributed by atoms with E-state index < -0.39 is 6.10 Å².